The van der Waals surface area contributed by atoms with Crippen molar-refractivity contribution in [3.63, 3.8) is 0 Å². The van der Waals surface area contributed by atoms with E-state index in [1.807, 2.05) is 17.5 Å². The Morgan fingerprint density at radius 2 is 2.18 bits per heavy atom. The third kappa shape index (κ3) is 3.31. The molecule has 0 amide bonds. The summed E-state index contributed by atoms with van der Waals surface area (Å²) in [5.41, 5.74) is 0.174. The molecular formula is C11H8BrNO2S2. The first kappa shape index (κ1) is 12.6. The summed E-state index contributed by atoms with van der Waals surface area (Å²) in [7, 11) is 0. The SMILES string of the molecule is O=[N+]([O-])c1ccccc1SCc1cc(Br)cs1. The number of nitro benzene ring substituents is 1. The van der Waals surface area contributed by atoms with Gasteiger partial charge in [0.25, 0.3) is 5.69 Å². The molecule has 0 bridgehead atoms. The topological polar surface area (TPSA) is 43.1 Å². The molecular weight excluding hydrogens is 322 g/mol. The molecule has 0 unspecified atom stereocenters. The normalized spacial score (nSPS) is 10.4. The van der Waals surface area contributed by atoms with Crippen LogP contribution in [0.1, 0.15) is 4.88 Å². The fourth-order valence-corrected chi connectivity index (χ4v) is 3.84. The number of nitro groups is 1. The van der Waals surface area contributed by atoms with Crippen molar-refractivity contribution in [2.45, 2.75) is 10.6 Å². The van der Waals surface area contributed by atoms with Crippen LogP contribution in [0.15, 0.2) is 45.1 Å². The van der Waals surface area contributed by atoms with E-state index in [0.717, 1.165) is 10.2 Å². The number of hydrogen-bond acceptors (Lipinski definition) is 4. The first-order valence-corrected chi connectivity index (χ1v) is 7.42. The van der Waals surface area contributed by atoms with Gasteiger partial charge in [-0.1, -0.05) is 12.1 Å². The number of nitrogens with zero attached hydrogens (tertiary/aromatic N) is 1. The van der Waals surface area contributed by atoms with Crippen LogP contribution in [-0.4, -0.2) is 4.92 Å². The van der Waals surface area contributed by atoms with E-state index in [2.05, 4.69) is 15.9 Å². The highest BCUT2D eigenvalue weighted by Gasteiger charge is 2.12. The molecule has 88 valence electrons. The van der Waals surface area contributed by atoms with Crippen molar-refractivity contribution in [1.82, 2.24) is 0 Å². The van der Waals surface area contributed by atoms with E-state index in [9.17, 15) is 10.1 Å². The number of benzene rings is 1. The summed E-state index contributed by atoms with van der Waals surface area (Å²) in [4.78, 5) is 12.4. The van der Waals surface area contributed by atoms with Crippen molar-refractivity contribution in [2.24, 2.45) is 0 Å². The minimum atomic E-state index is -0.341. The molecule has 0 spiro atoms. The zero-order valence-corrected chi connectivity index (χ0v) is 11.8. The van der Waals surface area contributed by atoms with E-state index in [1.54, 1.807) is 23.5 Å². The predicted octanol–water partition coefficient (Wildman–Crippen LogP) is 4.71. The van der Waals surface area contributed by atoms with Crippen molar-refractivity contribution >= 4 is 44.7 Å². The van der Waals surface area contributed by atoms with Crippen LogP contribution in [0.4, 0.5) is 5.69 Å². The molecule has 1 heterocycles. The van der Waals surface area contributed by atoms with Gasteiger partial charge in [0.1, 0.15) is 0 Å². The van der Waals surface area contributed by atoms with E-state index < -0.39 is 0 Å². The highest BCUT2D eigenvalue weighted by atomic mass is 79.9. The number of rotatable bonds is 4. The van der Waals surface area contributed by atoms with E-state index in [0.29, 0.717) is 4.90 Å². The smallest absolute Gasteiger partial charge is 0.258 e. The molecule has 0 N–H and O–H groups in total. The van der Waals surface area contributed by atoms with E-state index >= 15 is 0 Å². The molecule has 1 aromatic heterocycles. The maximum absolute atomic E-state index is 10.8. The molecule has 0 saturated heterocycles. The molecule has 0 aliphatic heterocycles. The average Bonchev–Trinajstić information content (AvgIpc) is 2.73. The lowest BCUT2D eigenvalue weighted by Gasteiger charge is -2.00. The number of halogens is 1. The van der Waals surface area contributed by atoms with Crippen LogP contribution in [0.25, 0.3) is 0 Å². The second kappa shape index (κ2) is 5.66. The standard InChI is InChI=1S/C11H8BrNO2S2/c12-8-5-9(16-6-8)7-17-11-4-2-1-3-10(11)13(14)15/h1-6H,7H2. The largest absolute Gasteiger partial charge is 0.282 e. The molecule has 0 fully saturated rings. The Bertz CT molecular complexity index is 542. The Balaban J connectivity index is 2.11. The van der Waals surface area contributed by atoms with Crippen LogP contribution in [-0.2, 0) is 5.75 Å². The van der Waals surface area contributed by atoms with Crippen molar-refractivity contribution in [3.05, 3.63) is 55.2 Å². The lowest BCUT2D eigenvalue weighted by Crippen LogP contribution is -1.90. The molecule has 1 aromatic carbocycles. The maximum Gasteiger partial charge on any atom is 0.282 e. The van der Waals surface area contributed by atoms with Crippen LogP contribution < -0.4 is 0 Å². The summed E-state index contributed by atoms with van der Waals surface area (Å²) in [5.74, 6) is 0.751. The number of thioether (sulfide) groups is 1. The first-order chi connectivity index (χ1) is 8.16. The summed E-state index contributed by atoms with van der Waals surface area (Å²) in [6.45, 7) is 0. The molecule has 0 saturated carbocycles. The lowest BCUT2D eigenvalue weighted by molar-refractivity contribution is -0.387. The molecule has 2 rings (SSSR count). The molecule has 0 aliphatic rings. The number of hydrogen-bond donors (Lipinski definition) is 0. The van der Waals surface area contributed by atoms with Gasteiger partial charge < -0.3 is 0 Å². The number of thiophene rings is 1. The summed E-state index contributed by atoms with van der Waals surface area (Å²) < 4.78 is 1.06. The van der Waals surface area contributed by atoms with Crippen LogP contribution in [0.2, 0.25) is 0 Å². The minimum absolute atomic E-state index is 0.174. The van der Waals surface area contributed by atoms with Crippen LogP contribution in [0.3, 0.4) is 0 Å². The van der Waals surface area contributed by atoms with Gasteiger partial charge in [-0.25, -0.2) is 0 Å². The summed E-state index contributed by atoms with van der Waals surface area (Å²) in [5, 5.41) is 12.8. The van der Waals surface area contributed by atoms with E-state index in [1.165, 1.54) is 22.7 Å². The zero-order valence-electron chi connectivity index (χ0n) is 8.63. The molecule has 0 radical (unpaired) electrons. The van der Waals surface area contributed by atoms with Crippen LogP contribution in [0, 0.1) is 10.1 Å². The first-order valence-electron chi connectivity index (χ1n) is 4.76. The second-order valence-corrected chi connectivity index (χ2v) is 6.17. The Morgan fingerprint density at radius 3 is 2.82 bits per heavy atom. The Morgan fingerprint density at radius 1 is 1.41 bits per heavy atom. The lowest BCUT2D eigenvalue weighted by atomic mass is 10.3. The van der Waals surface area contributed by atoms with E-state index in [-0.39, 0.29) is 10.6 Å². The highest BCUT2D eigenvalue weighted by molar-refractivity contribution is 9.10. The minimum Gasteiger partial charge on any atom is -0.258 e. The predicted molar refractivity (Wildman–Crippen MR) is 74.7 cm³/mol. The summed E-state index contributed by atoms with van der Waals surface area (Å²) >= 11 is 6.52. The van der Waals surface area contributed by atoms with Crippen molar-refractivity contribution in [2.75, 3.05) is 0 Å². The Kier molecular flexibility index (Phi) is 4.20. The average molecular weight is 330 g/mol. The molecule has 17 heavy (non-hydrogen) atoms. The molecule has 0 aliphatic carbocycles. The summed E-state index contributed by atoms with van der Waals surface area (Å²) in [6.07, 6.45) is 0. The monoisotopic (exact) mass is 329 g/mol. The molecule has 0 atom stereocenters. The van der Waals surface area contributed by atoms with E-state index in [4.69, 9.17) is 0 Å². The van der Waals surface area contributed by atoms with Gasteiger partial charge in [0.05, 0.1) is 9.82 Å². The van der Waals surface area contributed by atoms with Gasteiger partial charge in [0.2, 0.25) is 0 Å². The fraction of sp³-hybridized carbons (Fsp3) is 0.0909. The number of para-hydroxylation sites is 1. The van der Waals surface area contributed by atoms with Crippen molar-refractivity contribution in [3.8, 4) is 0 Å². The van der Waals surface area contributed by atoms with Gasteiger partial charge in [0, 0.05) is 26.5 Å². The second-order valence-electron chi connectivity index (χ2n) is 3.24. The third-order valence-corrected chi connectivity index (χ3v) is 5.05. The zero-order chi connectivity index (χ0) is 12.3. The van der Waals surface area contributed by atoms with Crippen LogP contribution in [0.5, 0.6) is 0 Å². The maximum atomic E-state index is 10.8. The van der Waals surface area contributed by atoms with Gasteiger partial charge >= 0.3 is 0 Å². The van der Waals surface area contributed by atoms with Gasteiger partial charge in [-0.05, 0) is 28.1 Å². The quantitative estimate of drug-likeness (QED) is 0.463. The fourth-order valence-electron chi connectivity index (χ4n) is 1.31. The highest BCUT2D eigenvalue weighted by Crippen LogP contribution is 2.33. The van der Waals surface area contributed by atoms with Crippen molar-refractivity contribution in [1.29, 1.82) is 0 Å². The van der Waals surface area contributed by atoms with Gasteiger partial charge in [-0.3, -0.25) is 10.1 Å². The van der Waals surface area contributed by atoms with Gasteiger partial charge in [-0.2, -0.15) is 0 Å². The van der Waals surface area contributed by atoms with Crippen LogP contribution >= 0.6 is 39.0 Å². The summed E-state index contributed by atoms with van der Waals surface area (Å²) in [6, 6.07) is 8.86. The molecule has 3 nitrogen and oxygen atoms in total. The Labute approximate surface area is 115 Å². The molecule has 2 aromatic rings. The Hall–Kier alpha value is -0.850. The van der Waals surface area contributed by atoms with Gasteiger partial charge in [0.15, 0.2) is 0 Å². The molecule has 6 heteroatoms. The third-order valence-electron chi connectivity index (χ3n) is 2.05. The van der Waals surface area contributed by atoms with Gasteiger partial charge in [-0.15, -0.1) is 23.1 Å². The van der Waals surface area contributed by atoms with Crippen molar-refractivity contribution < 1.29 is 4.92 Å².